The number of esters is 2. The van der Waals surface area contributed by atoms with Crippen LogP contribution < -0.4 is 5.73 Å². The van der Waals surface area contributed by atoms with Crippen LogP contribution in [0.2, 0.25) is 0 Å². The summed E-state index contributed by atoms with van der Waals surface area (Å²) in [6, 6.07) is -0.993. The van der Waals surface area contributed by atoms with Crippen LogP contribution in [0.3, 0.4) is 0 Å². The summed E-state index contributed by atoms with van der Waals surface area (Å²) in [5.41, 5.74) is 5.37. The number of carbonyl (C=O) groups excluding carboxylic acids is 3. The molecule has 0 aromatic rings. The second kappa shape index (κ2) is 6.94. The molecule has 0 saturated carbocycles. The summed E-state index contributed by atoms with van der Waals surface area (Å²) in [4.78, 5) is 32.3. The van der Waals surface area contributed by atoms with Crippen LogP contribution >= 0.6 is 0 Å². The van der Waals surface area contributed by atoms with E-state index in [0.29, 0.717) is 6.42 Å². The third kappa shape index (κ3) is 6.62. The van der Waals surface area contributed by atoms with Gasteiger partial charge in [-0.15, -0.1) is 0 Å². The summed E-state index contributed by atoms with van der Waals surface area (Å²) in [6.45, 7) is 2.40. The van der Waals surface area contributed by atoms with Gasteiger partial charge in [0.25, 0.3) is 0 Å². The van der Waals surface area contributed by atoms with Crippen LogP contribution in [0.1, 0.15) is 26.7 Å². The number of rotatable bonds is 6. The lowest BCUT2D eigenvalue weighted by Gasteiger charge is -2.09. The standard InChI is InChI=1S/C9H15NO5/c1-3-7(12)4-8(10)9(13)15-5-14-6(2)11/h8H,3-5,10H2,1-2H3/t8-/m1/s1. The quantitative estimate of drug-likeness (QED) is 0.486. The Morgan fingerprint density at radius 2 is 1.87 bits per heavy atom. The molecule has 0 bridgehead atoms. The molecule has 6 nitrogen and oxygen atoms in total. The van der Waals surface area contributed by atoms with E-state index >= 15 is 0 Å². The Bertz CT molecular complexity index is 251. The van der Waals surface area contributed by atoms with Gasteiger partial charge in [-0.2, -0.15) is 0 Å². The lowest BCUT2D eigenvalue weighted by Crippen LogP contribution is -2.35. The molecule has 2 N–H and O–H groups in total. The van der Waals surface area contributed by atoms with Gasteiger partial charge in [0.1, 0.15) is 11.8 Å². The smallest absolute Gasteiger partial charge is 0.326 e. The molecule has 0 unspecified atom stereocenters. The molecule has 1 atom stereocenters. The molecule has 0 radical (unpaired) electrons. The first-order chi connectivity index (χ1) is 6.97. The van der Waals surface area contributed by atoms with Gasteiger partial charge >= 0.3 is 11.9 Å². The minimum atomic E-state index is -0.993. The third-order valence-corrected chi connectivity index (χ3v) is 1.61. The summed E-state index contributed by atoms with van der Waals surface area (Å²) in [7, 11) is 0. The first-order valence-corrected chi connectivity index (χ1v) is 4.54. The first-order valence-electron chi connectivity index (χ1n) is 4.54. The second-order valence-electron chi connectivity index (χ2n) is 2.92. The van der Waals surface area contributed by atoms with E-state index in [1.54, 1.807) is 6.92 Å². The van der Waals surface area contributed by atoms with Gasteiger partial charge in [0, 0.05) is 19.8 Å². The van der Waals surface area contributed by atoms with E-state index < -0.39 is 24.8 Å². The molecule has 0 aliphatic heterocycles. The molecule has 0 fully saturated rings. The van der Waals surface area contributed by atoms with E-state index in [1.165, 1.54) is 6.92 Å². The summed E-state index contributed by atoms with van der Waals surface area (Å²) in [6.07, 6.45) is 0.264. The van der Waals surface area contributed by atoms with E-state index in [-0.39, 0.29) is 12.2 Å². The molecular weight excluding hydrogens is 202 g/mol. The van der Waals surface area contributed by atoms with Gasteiger partial charge in [0.05, 0.1) is 0 Å². The van der Waals surface area contributed by atoms with Crippen molar-refractivity contribution in [3.63, 3.8) is 0 Å². The summed E-state index contributed by atoms with van der Waals surface area (Å²) in [5.74, 6) is -1.43. The van der Waals surface area contributed by atoms with Crippen molar-refractivity contribution in [1.82, 2.24) is 0 Å². The molecule has 0 spiro atoms. The first kappa shape index (κ1) is 13.6. The Morgan fingerprint density at radius 1 is 1.27 bits per heavy atom. The number of hydrogen-bond donors (Lipinski definition) is 1. The number of nitrogens with two attached hydrogens (primary N) is 1. The van der Waals surface area contributed by atoms with Crippen LogP contribution in [-0.4, -0.2) is 30.6 Å². The van der Waals surface area contributed by atoms with E-state index in [9.17, 15) is 14.4 Å². The molecule has 86 valence electrons. The van der Waals surface area contributed by atoms with Crippen molar-refractivity contribution in [2.75, 3.05) is 6.79 Å². The summed E-state index contributed by atoms with van der Waals surface area (Å²) >= 11 is 0. The molecule has 6 heteroatoms. The van der Waals surface area contributed by atoms with Gasteiger partial charge in [-0.05, 0) is 0 Å². The summed E-state index contributed by atoms with van der Waals surface area (Å²) in [5, 5.41) is 0. The Balaban J connectivity index is 3.79. The van der Waals surface area contributed by atoms with E-state index in [0.717, 1.165) is 0 Å². The van der Waals surface area contributed by atoms with E-state index in [2.05, 4.69) is 9.47 Å². The molecule has 15 heavy (non-hydrogen) atoms. The minimum absolute atomic E-state index is 0.0601. The summed E-state index contributed by atoms with van der Waals surface area (Å²) < 4.78 is 8.87. The van der Waals surface area contributed by atoms with Gasteiger partial charge in [-0.3, -0.25) is 14.4 Å². The second-order valence-corrected chi connectivity index (χ2v) is 2.92. The van der Waals surface area contributed by atoms with Crippen LogP contribution in [-0.2, 0) is 23.9 Å². The van der Waals surface area contributed by atoms with Crippen LogP contribution in [0.5, 0.6) is 0 Å². The highest BCUT2D eigenvalue weighted by Crippen LogP contribution is 1.96. The van der Waals surface area contributed by atoms with Crippen molar-refractivity contribution in [2.24, 2.45) is 5.73 Å². The molecule has 0 saturated heterocycles. The van der Waals surface area contributed by atoms with Crippen molar-refractivity contribution in [1.29, 1.82) is 0 Å². The van der Waals surface area contributed by atoms with Crippen LogP contribution in [0.25, 0.3) is 0 Å². The molecule has 0 aromatic heterocycles. The fourth-order valence-corrected chi connectivity index (χ4v) is 0.751. The van der Waals surface area contributed by atoms with Gasteiger partial charge in [-0.1, -0.05) is 6.92 Å². The Kier molecular flexibility index (Phi) is 6.28. The van der Waals surface area contributed by atoms with Gasteiger partial charge in [0.2, 0.25) is 6.79 Å². The molecule has 0 heterocycles. The number of hydrogen-bond acceptors (Lipinski definition) is 6. The monoisotopic (exact) mass is 217 g/mol. The van der Waals surface area contributed by atoms with Crippen molar-refractivity contribution in [3.05, 3.63) is 0 Å². The zero-order valence-electron chi connectivity index (χ0n) is 8.82. The van der Waals surface area contributed by atoms with Crippen molar-refractivity contribution in [2.45, 2.75) is 32.7 Å². The number of ether oxygens (including phenoxy) is 2. The SMILES string of the molecule is CCC(=O)C[C@@H](N)C(=O)OCOC(C)=O. The van der Waals surface area contributed by atoms with E-state index in [4.69, 9.17) is 5.73 Å². The predicted octanol–water partition coefficient (Wildman–Crippen LogP) is -0.253. The predicted molar refractivity (Wildman–Crippen MR) is 50.6 cm³/mol. The van der Waals surface area contributed by atoms with Crippen molar-refractivity contribution >= 4 is 17.7 Å². The Labute approximate surface area is 87.7 Å². The minimum Gasteiger partial charge on any atom is -0.428 e. The van der Waals surface area contributed by atoms with E-state index in [1.807, 2.05) is 0 Å². The fourth-order valence-electron chi connectivity index (χ4n) is 0.751. The zero-order chi connectivity index (χ0) is 11.8. The zero-order valence-corrected chi connectivity index (χ0v) is 8.82. The largest absolute Gasteiger partial charge is 0.428 e. The molecule has 0 aromatic carbocycles. The Hall–Kier alpha value is -1.43. The highest BCUT2D eigenvalue weighted by molar-refractivity contribution is 5.86. The van der Waals surface area contributed by atoms with Crippen molar-refractivity contribution in [3.8, 4) is 0 Å². The van der Waals surface area contributed by atoms with Gasteiger partial charge < -0.3 is 15.2 Å². The average Bonchev–Trinajstić information content (AvgIpc) is 2.16. The van der Waals surface area contributed by atoms with Crippen LogP contribution in [0.15, 0.2) is 0 Å². The third-order valence-electron chi connectivity index (χ3n) is 1.61. The molecule has 0 aliphatic carbocycles. The van der Waals surface area contributed by atoms with Crippen molar-refractivity contribution < 1.29 is 23.9 Å². The molecule has 0 rings (SSSR count). The topological polar surface area (TPSA) is 95.7 Å². The fraction of sp³-hybridized carbons (Fsp3) is 0.667. The molecule has 0 aliphatic rings. The maximum atomic E-state index is 11.1. The normalized spacial score (nSPS) is 11.7. The van der Waals surface area contributed by atoms with Gasteiger partial charge in [0.15, 0.2) is 0 Å². The molecular formula is C9H15NO5. The molecule has 0 amide bonds. The maximum Gasteiger partial charge on any atom is 0.326 e. The number of carbonyl (C=O) groups is 3. The highest BCUT2D eigenvalue weighted by Gasteiger charge is 2.18. The average molecular weight is 217 g/mol. The number of ketones is 1. The Morgan fingerprint density at radius 3 is 2.33 bits per heavy atom. The number of Topliss-reactive ketones (excluding diaryl/α,β-unsaturated/α-hetero) is 1. The van der Waals surface area contributed by atoms with Crippen LogP contribution in [0, 0.1) is 0 Å². The van der Waals surface area contributed by atoms with Gasteiger partial charge in [-0.25, -0.2) is 0 Å². The van der Waals surface area contributed by atoms with Crippen LogP contribution in [0.4, 0.5) is 0 Å². The highest BCUT2D eigenvalue weighted by atomic mass is 16.7. The maximum absolute atomic E-state index is 11.1. The lowest BCUT2D eigenvalue weighted by atomic mass is 10.1. The lowest BCUT2D eigenvalue weighted by molar-refractivity contribution is -0.167.